The molecule has 1 aliphatic rings. The average Bonchev–Trinajstić information content (AvgIpc) is 2.46. The molecule has 0 unspecified atom stereocenters. The van der Waals surface area contributed by atoms with Crippen LogP contribution < -0.4 is 5.56 Å². The molecule has 1 aromatic heterocycles. The molecule has 21 heavy (non-hydrogen) atoms. The summed E-state index contributed by atoms with van der Waals surface area (Å²) < 4.78 is 0. The van der Waals surface area contributed by atoms with Crippen LogP contribution in [-0.4, -0.2) is 10.8 Å². The van der Waals surface area contributed by atoms with Gasteiger partial charge in [0.2, 0.25) is 5.56 Å². The SMILES string of the molecule is O=C1c2cc(Cl)c(Cl)cc2-c2[nH]c(=O)cc3cccc1c23. The zero-order chi connectivity index (χ0) is 14.7. The van der Waals surface area contributed by atoms with Crippen LogP contribution in [0.1, 0.15) is 15.9 Å². The molecule has 0 saturated carbocycles. The molecule has 0 saturated heterocycles. The highest BCUT2D eigenvalue weighted by Gasteiger charge is 2.26. The number of aromatic amines is 1. The zero-order valence-electron chi connectivity index (χ0n) is 10.5. The van der Waals surface area contributed by atoms with E-state index in [4.69, 9.17) is 23.2 Å². The number of fused-ring (bicyclic) bond motifs is 2. The number of aromatic nitrogens is 1. The Morgan fingerprint density at radius 3 is 2.33 bits per heavy atom. The fraction of sp³-hybridized carbons (Fsp3) is 0. The number of ketones is 1. The van der Waals surface area contributed by atoms with Crippen molar-refractivity contribution in [3.8, 4) is 11.3 Å². The summed E-state index contributed by atoms with van der Waals surface area (Å²) in [5.41, 5.74) is 2.01. The number of nitrogens with one attached hydrogen (secondary N) is 1. The van der Waals surface area contributed by atoms with Gasteiger partial charge in [0.25, 0.3) is 0 Å². The van der Waals surface area contributed by atoms with Crippen molar-refractivity contribution in [2.75, 3.05) is 0 Å². The van der Waals surface area contributed by atoms with Crippen LogP contribution in [-0.2, 0) is 0 Å². The zero-order valence-corrected chi connectivity index (χ0v) is 12.0. The smallest absolute Gasteiger partial charge is 0.249 e. The number of hydrogen-bond donors (Lipinski definition) is 1. The van der Waals surface area contributed by atoms with Crippen LogP contribution >= 0.6 is 23.2 Å². The Morgan fingerprint density at radius 1 is 0.857 bits per heavy atom. The molecule has 4 rings (SSSR count). The van der Waals surface area contributed by atoms with Crippen molar-refractivity contribution < 1.29 is 4.79 Å². The second-order valence-corrected chi connectivity index (χ2v) is 5.73. The van der Waals surface area contributed by atoms with Crippen LogP contribution in [0, 0.1) is 0 Å². The predicted octanol–water partition coefficient (Wildman–Crippen LogP) is 4.05. The lowest BCUT2D eigenvalue weighted by Crippen LogP contribution is -2.15. The molecule has 0 atom stereocenters. The highest BCUT2D eigenvalue weighted by Crippen LogP contribution is 2.40. The van der Waals surface area contributed by atoms with E-state index in [0.29, 0.717) is 32.4 Å². The van der Waals surface area contributed by atoms with E-state index in [1.54, 1.807) is 24.3 Å². The van der Waals surface area contributed by atoms with Crippen molar-refractivity contribution in [1.82, 2.24) is 4.98 Å². The molecule has 0 spiro atoms. The molecule has 5 heteroatoms. The molecule has 2 aromatic carbocycles. The second-order valence-electron chi connectivity index (χ2n) is 4.92. The molecule has 0 amide bonds. The van der Waals surface area contributed by atoms with Crippen molar-refractivity contribution in [3.05, 3.63) is 67.9 Å². The van der Waals surface area contributed by atoms with E-state index in [2.05, 4.69) is 4.98 Å². The standard InChI is InChI=1S/C16H7Cl2NO2/c17-11-5-9-10(6-12(11)18)16(21)8-3-1-2-7-4-13(20)19-15(9)14(7)8/h1-6H,(H,19,20). The van der Waals surface area contributed by atoms with E-state index in [1.807, 2.05) is 6.07 Å². The van der Waals surface area contributed by atoms with Crippen LogP contribution in [0.2, 0.25) is 10.0 Å². The molecule has 0 radical (unpaired) electrons. The third-order valence-corrected chi connectivity index (χ3v) is 4.42. The Kier molecular flexibility index (Phi) is 2.52. The van der Waals surface area contributed by atoms with Gasteiger partial charge < -0.3 is 4.98 Å². The molecule has 3 aromatic rings. The summed E-state index contributed by atoms with van der Waals surface area (Å²) in [5, 5.41) is 2.14. The van der Waals surface area contributed by atoms with Crippen LogP contribution in [0.3, 0.4) is 0 Å². The highest BCUT2D eigenvalue weighted by atomic mass is 35.5. The summed E-state index contributed by atoms with van der Waals surface area (Å²) in [6, 6.07) is 9.98. The molecule has 1 heterocycles. The molecule has 1 N–H and O–H groups in total. The molecule has 102 valence electrons. The molecule has 0 bridgehead atoms. The largest absolute Gasteiger partial charge is 0.321 e. The Morgan fingerprint density at radius 2 is 1.57 bits per heavy atom. The van der Waals surface area contributed by atoms with Crippen LogP contribution in [0.25, 0.3) is 22.0 Å². The minimum absolute atomic E-state index is 0.117. The summed E-state index contributed by atoms with van der Waals surface area (Å²) in [4.78, 5) is 27.3. The van der Waals surface area contributed by atoms with Gasteiger partial charge in [0.05, 0.1) is 15.7 Å². The van der Waals surface area contributed by atoms with Crippen LogP contribution in [0.15, 0.2) is 41.2 Å². The number of hydrogen-bond acceptors (Lipinski definition) is 2. The topological polar surface area (TPSA) is 49.9 Å². The summed E-state index contributed by atoms with van der Waals surface area (Å²) in [6.45, 7) is 0. The van der Waals surface area contributed by atoms with Gasteiger partial charge in [-0.1, -0.05) is 41.4 Å². The van der Waals surface area contributed by atoms with Crippen molar-refractivity contribution >= 4 is 39.8 Å². The van der Waals surface area contributed by atoms with Gasteiger partial charge in [0.15, 0.2) is 5.78 Å². The number of H-pyrrole nitrogens is 1. The van der Waals surface area contributed by atoms with Crippen LogP contribution in [0.4, 0.5) is 0 Å². The minimum Gasteiger partial charge on any atom is -0.321 e. The Bertz CT molecular complexity index is 1010. The lowest BCUT2D eigenvalue weighted by Gasteiger charge is -2.19. The fourth-order valence-electron chi connectivity index (χ4n) is 2.81. The van der Waals surface area contributed by atoms with E-state index in [0.717, 1.165) is 10.8 Å². The number of rotatable bonds is 0. The van der Waals surface area contributed by atoms with Gasteiger partial charge in [-0.15, -0.1) is 0 Å². The van der Waals surface area contributed by atoms with E-state index in [1.165, 1.54) is 6.07 Å². The maximum absolute atomic E-state index is 12.6. The molecule has 3 nitrogen and oxygen atoms in total. The predicted molar refractivity (Wildman–Crippen MR) is 83.5 cm³/mol. The van der Waals surface area contributed by atoms with E-state index in [9.17, 15) is 9.59 Å². The number of benzene rings is 2. The summed E-state index contributed by atoms with van der Waals surface area (Å²) in [6.07, 6.45) is 0. The summed E-state index contributed by atoms with van der Waals surface area (Å²) >= 11 is 12.1. The minimum atomic E-state index is -0.221. The van der Waals surface area contributed by atoms with E-state index < -0.39 is 0 Å². The average molecular weight is 316 g/mol. The third kappa shape index (κ3) is 1.68. The summed E-state index contributed by atoms with van der Waals surface area (Å²) in [7, 11) is 0. The lowest BCUT2D eigenvalue weighted by atomic mass is 9.86. The number of carbonyl (C=O) groups excluding carboxylic acids is 1. The first kappa shape index (κ1) is 12.6. The molecule has 1 aliphatic carbocycles. The van der Waals surface area contributed by atoms with Crippen molar-refractivity contribution in [2.24, 2.45) is 0 Å². The molecule has 0 fully saturated rings. The van der Waals surface area contributed by atoms with Gasteiger partial charge >= 0.3 is 0 Å². The van der Waals surface area contributed by atoms with Crippen molar-refractivity contribution in [3.63, 3.8) is 0 Å². The maximum Gasteiger partial charge on any atom is 0.249 e. The van der Waals surface area contributed by atoms with Gasteiger partial charge in [-0.25, -0.2) is 0 Å². The Labute approximate surface area is 129 Å². The van der Waals surface area contributed by atoms with Crippen LogP contribution in [0.5, 0.6) is 0 Å². The monoisotopic (exact) mass is 315 g/mol. The number of pyridine rings is 1. The maximum atomic E-state index is 12.6. The van der Waals surface area contributed by atoms with Crippen molar-refractivity contribution in [1.29, 1.82) is 0 Å². The van der Waals surface area contributed by atoms with Gasteiger partial charge in [-0.3, -0.25) is 9.59 Å². The second kappa shape index (κ2) is 4.20. The first-order chi connectivity index (χ1) is 10.1. The highest BCUT2D eigenvalue weighted by molar-refractivity contribution is 6.43. The van der Waals surface area contributed by atoms with Gasteiger partial charge in [-0.05, 0) is 17.5 Å². The lowest BCUT2D eigenvalue weighted by molar-refractivity contribution is 0.104. The van der Waals surface area contributed by atoms with Gasteiger partial charge in [-0.2, -0.15) is 0 Å². The number of halogens is 2. The van der Waals surface area contributed by atoms with E-state index in [-0.39, 0.29) is 11.3 Å². The van der Waals surface area contributed by atoms with E-state index >= 15 is 0 Å². The molecular weight excluding hydrogens is 309 g/mol. The summed E-state index contributed by atoms with van der Waals surface area (Å²) in [5.74, 6) is -0.117. The Balaban J connectivity index is 2.27. The van der Waals surface area contributed by atoms with Crippen molar-refractivity contribution in [2.45, 2.75) is 0 Å². The molecular formula is C16H7Cl2NO2. The first-order valence-electron chi connectivity index (χ1n) is 6.26. The van der Waals surface area contributed by atoms with Gasteiger partial charge in [0.1, 0.15) is 0 Å². The first-order valence-corrected chi connectivity index (χ1v) is 7.02. The normalized spacial score (nSPS) is 12.6. The molecule has 0 aliphatic heterocycles. The Hall–Kier alpha value is -2.10. The fourth-order valence-corrected chi connectivity index (χ4v) is 3.14. The van der Waals surface area contributed by atoms with Gasteiger partial charge in [0, 0.05) is 28.1 Å². The third-order valence-electron chi connectivity index (χ3n) is 3.70. The number of carbonyl (C=O) groups is 1. The quantitative estimate of drug-likeness (QED) is 0.532.